The molecule has 218 valence electrons. The van der Waals surface area contributed by atoms with E-state index in [0.717, 1.165) is 64.4 Å². The van der Waals surface area contributed by atoms with Crippen molar-refractivity contribution in [1.29, 1.82) is 0 Å². The molecule has 0 saturated carbocycles. The maximum Gasteiger partial charge on any atom is 0.306 e. The van der Waals surface area contributed by atoms with E-state index in [9.17, 15) is 9.59 Å². The van der Waals surface area contributed by atoms with E-state index in [1.165, 1.54) is 57.8 Å². The highest BCUT2D eigenvalue weighted by Crippen LogP contribution is 2.40. The molecule has 0 amide bonds. The van der Waals surface area contributed by atoms with Gasteiger partial charge in [0.05, 0.1) is 6.61 Å². The summed E-state index contributed by atoms with van der Waals surface area (Å²) >= 11 is 0. The molecular formula is C31H59NO5. The Labute approximate surface area is 228 Å². The topological polar surface area (TPSA) is 76.1 Å². The molecule has 1 fully saturated rings. The van der Waals surface area contributed by atoms with E-state index in [1.54, 1.807) is 0 Å². The summed E-state index contributed by atoms with van der Waals surface area (Å²) < 4.78 is 5.91. The third-order valence-corrected chi connectivity index (χ3v) is 7.59. The highest BCUT2D eigenvalue weighted by molar-refractivity contribution is 5.69. The first-order chi connectivity index (χ1) is 17.6. The fraction of sp³-hybridized carbons (Fsp3) is 0.935. The lowest BCUT2D eigenvalue weighted by Gasteiger charge is -2.53. The van der Waals surface area contributed by atoms with Crippen LogP contribution >= 0.6 is 0 Å². The van der Waals surface area contributed by atoms with Crippen LogP contribution in [0.3, 0.4) is 0 Å². The van der Waals surface area contributed by atoms with Gasteiger partial charge in [-0.05, 0) is 47.0 Å². The predicted molar refractivity (Wildman–Crippen MR) is 151 cm³/mol. The number of hydrogen-bond acceptors (Lipinski definition) is 5. The van der Waals surface area contributed by atoms with Crippen molar-refractivity contribution in [2.45, 2.75) is 180 Å². The smallest absolute Gasteiger partial charge is 0.306 e. The maximum atomic E-state index is 12.5. The van der Waals surface area contributed by atoms with Crippen LogP contribution in [0, 0.1) is 0 Å². The highest BCUT2D eigenvalue weighted by Gasteiger charge is 2.47. The van der Waals surface area contributed by atoms with E-state index in [2.05, 4.69) is 39.7 Å². The second-order valence-corrected chi connectivity index (χ2v) is 12.5. The van der Waals surface area contributed by atoms with Gasteiger partial charge in [-0.15, -0.1) is 0 Å². The molecule has 0 spiro atoms. The van der Waals surface area contributed by atoms with Gasteiger partial charge in [-0.2, -0.15) is 5.06 Å². The third kappa shape index (κ3) is 15.8. The van der Waals surface area contributed by atoms with Crippen LogP contribution in [0.5, 0.6) is 0 Å². The summed E-state index contributed by atoms with van der Waals surface area (Å²) in [5.74, 6) is -0.817. The molecule has 0 atom stereocenters. The van der Waals surface area contributed by atoms with Crippen molar-refractivity contribution in [2.24, 2.45) is 0 Å². The van der Waals surface area contributed by atoms with E-state index in [1.807, 2.05) is 0 Å². The van der Waals surface area contributed by atoms with Gasteiger partial charge in [0, 0.05) is 36.8 Å². The first kappa shape index (κ1) is 33.9. The Balaban J connectivity index is 2.22. The molecule has 0 aromatic carbocycles. The molecule has 0 aliphatic carbocycles. The summed E-state index contributed by atoms with van der Waals surface area (Å²) in [4.78, 5) is 29.3. The zero-order valence-electron chi connectivity index (χ0n) is 25.0. The molecule has 0 radical (unpaired) electrons. The van der Waals surface area contributed by atoms with E-state index >= 15 is 0 Å². The largest absolute Gasteiger partial charge is 0.481 e. The zero-order chi connectivity index (χ0) is 27.6. The summed E-state index contributed by atoms with van der Waals surface area (Å²) in [5, 5.41) is 10.8. The molecule has 1 saturated heterocycles. The quantitative estimate of drug-likeness (QED) is 0.113. The normalized spacial score (nSPS) is 17.6. The molecule has 6 nitrogen and oxygen atoms in total. The van der Waals surface area contributed by atoms with Gasteiger partial charge in [-0.25, -0.2) is 0 Å². The SMILES string of the molecule is CCCCCCCCCCCCON1C(C)(C)CC(OC(=O)CCCCCCCCC(=O)O)CC1(C)C. The average molecular weight is 526 g/mol. The number of unbranched alkanes of at least 4 members (excludes halogenated alkanes) is 14. The first-order valence-electron chi connectivity index (χ1n) is 15.4. The van der Waals surface area contributed by atoms with Crippen LogP contribution in [0.25, 0.3) is 0 Å². The molecule has 1 N–H and O–H groups in total. The molecular weight excluding hydrogens is 466 g/mol. The number of nitrogens with zero attached hydrogens (tertiary/aromatic N) is 1. The van der Waals surface area contributed by atoms with Crippen molar-refractivity contribution in [2.75, 3.05) is 6.61 Å². The number of esters is 1. The number of carboxylic acids is 1. The Hall–Kier alpha value is -1.14. The van der Waals surface area contributed by atoms with Crippen molar-refractivity contribution in [1.82, 2.24) is 5.06 Å². The lowest BCUT2D eigenvalue weighted by Crippen LogP contribution is -2.62. The van der Waals surface area contributed by atoms with Gasteiger partial charge in [-0.1, -0.05) is 90.4 Å². The molecule has 1 aliphatic rings. The second kappa shape index (κ2) is 19.0. The Morgan fingerprint density at radius 2 is 1.14 bits per heavy atom. The lowest BCUT2D eigenvalue weighted by atomic mass is 9.80. The summed E-state index contributed by atoms with van der Waals surface area (Å²) in [7, 11) is 0. The molecule has 1 heterocycles. The number of ether oxygens (including phenoxy) is 1. The molecule has 1 aliphatic heterocycles. The fourth-order valence-electron chi connectivity index (χ4n) is 5.85. The van der Waals surface area contributed by atoms with Crippen molar-refractivity contribution < 1.29 is 24.3 Å². The number of carboxylic acid groups (broad SMARTS) is 1. The molecule has 0 aromatic rings. The Bertz CT molecular complexity index is 601. The second-order valence-electron chi connectivity index (χ2n) is 12.5. The van der Waals surface area contributed by atoms with Crippen LogP contribution < -0.4 is 0 Å². The Morgan fingerprint density at radius 1 is 0.703 bits per heavy atom. The molecule has 0 aromatic heterocycles. The third-order valence-electron chi connectivity index (χ3n) is 7.59. The number of carbonyl (C=O) groups excluding carboxylic acids is 1. The van der Waals surface area contributed by atoms with Crippen molar-refractivity contribution >= 4 is 11.9 Å². The Kier molecular flexibility index (Phi) is 17.4. The van der Waals surface area contributed by atoms with Gasteiger partial charge in [-0.3, -0.25) is 14.4 Å². The van der Waals surface area contributed by atoms with Crippen molar-refractivity contribution in [3.05, 3.63) is 0 Å². The predicted octanol–water partition coefficient (Wildman–Crippen LogP) is 8.61. The van der Waals surface area contributed by atoms with Crippen LogP contribution in [0.4, 0.5) is 0 Å². The number of carbonyl (C=O) groups is 2. The van der Waals surface area contributed by atoms with Crippen molar-refractivity contribution in [3.63, 3.8) is 0 Å². The van der Waals surface area contributed by atoms with Gasteiger partial charge in [0.15, 0.2) is 0 Å². The van der Waals surface area contributed by atoms with Crippen LogP contribution in [-0.2, 0) is 19.2 Å². The minimum atomic E-state index is -0.722. The average Bonchev–Trinajstić information content (AvgIpc) is 2.79. The van der Waals surface area contributed by atoms with Gasteiger partial charge in [0.1, 0.15) is 6.10 Å². The summed E-state index contributed by atoms with van der Waals surface area (Å²) in [5.41, 5.74) is -0.387. The summed E-state index contributed by atoms with van der Waals surface area (Å²) in [6, 6.07) is 0. The molecule has 1 rings (SSSR count). The number of piperidine rings is 1. The Morgan fingerprint density at radius 3 is 1.62 bits per heavy atom. The monoisotopic (exact) mass is 525 g/mol. The molecule has 6 heteroatoms. The summed E-state index contributed by atoms with van der Waals surface area (Å²) in [6.45, 7) is 11.8. The number of aliphatic carboxylic acids is 1. The van der Waals surface area contributed by atoms with Crippen LogP contribution in [0.1, 0.15) is 163 Å². The number of rotatable bonds is 22. The minimum absolute atomic E-state index is 0.0781. The summed E-state index contributed by atoms with van der Waals surface area (Å²) in [6.07, 6.45) is 21.0. The molecule has 0 bridgehead atoms. The van der Waals surface area contributed by atoms with Gasteiger partial charge < -0.3 is 9.84 Å². The van der Waals surface area contributed by atoms with E-state index in [0.29, 0.717) is 6.42 Å². The zero-order valence-corrected chi connectivity index (χ0v) is 25.0. The molecule has 37 heavy (non-hydrogen) atoms. The number of hydroxylamine groups is 2. The highest BCUT2D eigenvalue weighted by atomic mass is 16.7. The number of hydrogen-bond donors (Lipinski definition) is 1. The van der Waals surface area contributed by atoms with Gasteiger partial charge in [0.25, 0.3) is 0 Å². The van der Waals surface area contributed by atoms with Gasteiger partial charge in [0.2, 0.25) is 0 Å². The first-order valence-corrected chi connectivity index (χ1v) is 15.4. The maximum absolute atomic E-state index is 12.5. The van der Waals surface area contributed by atoms with Crippen LogP contribution in [0.15, 0.2) is 0 Å². The lowest BCUT2D eigenvalue weighted by molar-refractivity contribution is -0.293. The fourth-order valence-corrected chi connectivity index (χ4v) is 5.85. The van der Waals surface area contributed by atoms with Gasteiger partial charge >= 0.3 is 11.9 Å². The standard InChI is InChI=1S/C31H59NO5/c1-6-7-8-9-10-11-12-15-18-21-24-36-32-30(2,3)25-27(26-31(32,4)5)37-29(35)23-20-17-14-13-16-19-22-28(33)34/h27H,6-26H2,1-5H3,(H,33,34). The van der Waals surface area contributed by atoms with Crippen LogP contribution in [0.2, 0.25) is 0 Å². The van der Waals surface area contributed by atoms with Crippen LogP contribution in [-0.4, -0.2) is 45.9 Å². The van der Waals surface area contributed by atoms with Crippen molar-refractivity contribution in [3.8, 4) is 0 Å². The molecule has 0 unspecified atom stereocenters. The van der Waals surface area contributed by atoms with E-state index in [-0.39, 0.29) is 29.6 Å². The minimum Gasteiger partial charge on any atom is -0.481 e. The van der Waals surface area contributed by atoms with E-state index in [4.69, 9.17) is 14.7 Å². The van der Waals surface area contributed by atoms with E-state index < -0.39 is 5.97 Å².